The van der Waals surface area contributed by atoms with Gasteiger partial charge in [0.1, 0.15) is 6.33 Å². The third-order valence-corrected chi connectivity index (χ3v) is 3.65. The number of rotatable bonds is 2. The van der Waals surface area contributed by atoms with Crippen molar-refractivity contribution in [3.05, 3.63) is 35.2 Å². The summed E-state index contributed by atoms with van der Waals surface area (Å²) in [6.45, 7) is 2.21. The van der Waals surface area contributed by atoms with Gasteiger partial charge in [0.25, 0.3) is 0 Å². The van der Waals surface area contributed by atoms with E-state index in [2.05, 4.69) is 21.4 Å². The van der Waals surface area contributed by atoms with Crippen LogP contribution in [0.2, 0.25) is 5.02 Å². The maximum absolute atomic E-state index is 6.14. The van der Waals surface area contributed by atoms with Gasteiger partial charge in [-0.1, -0.05) is 23.7 Å². The molecule has 1 saturated heterocycles. The fraction of sp³-hybridized carbons (Fsp3) is 0.385. The Kier molecular flexibility index (Phi) is 2.95. The molecule has 0 amide bonds. The molecule has 2 heterocycles. The van der Waals surface area contributed by atoms with Crippen LogP contribution in [0.5, 0.6) is 0 Å². The summed E-state index contributed by atoms with van der Waals surface area (Å²) < 4.78 is 0. The van der Waals surface area contributed by atoms with Gasteiger partial charge in [0.2, 0.25) is 0 Å². The van der Waals surface area contributed by atoms with Crippen molar-refractivity contribution in [2.75, 3.05) is 13.1 Å². The van der Waals surface area contributed by atoms with E-state index in [1.165, 1.54) is 6.42 Å². The lowest BCUT2D eigenvalue weighted by atomic mass is 10.00. The highest BCUT2D eigenvalue weighted by molar-refractivity contribution is 6.35. The van der Waals surface area contributed by atoms with Gasteiger partial charge in [-0.3, -0.25) is 0 Å². The molecule has 88 valence electrons. The SMILES string of the molecule is Clc1cccc2c(CC3CCNC3)ncnc12. The quantitative estimate of drug-likeness (QED) is 0.886. The number of fused-ring (bicyclic) bond motifs is 1. The first-order valence-corrected chi connectivity index (χ1v) is 6.31. The highest BCUT2D eigenvalue weighted by atomic mass is 35.5. The molecule has 0 aliphatic carbocycles. The number of halogens is 1. The second-order valence-electron chi connectivity index (χ2n) is 4.52. The van der Waals surface area contributed by atoms with Gasteiger partial charge in [0.15, 0.2) is 0 Å². The Bertz CT molecular complexity index is 535. The average Bonchev–Trinajstić information content (AvgIpc) is 2.83. The summed E-state index contributed by atoms with van der Waals surface area (Å²) >= 11 is 6.14. The van der Waals surface area contributed by atoms with Crippen molar-refractivity contribution in [1.29, 1.82) is 0 Å². The average molecular weight is 248 g/mol. The first-order chi connectivity index (χ1) is 8.34. The second kappa shape index (κ2) is 4.59. The van der Waals surface area contributed by atoms with Crippen molar-refractivity contribution in [3.63, 3.8) is 0 Å². The molecule has 3 nitrogen and oxygen atoms in total. The van der Waals surface area contributed by atoms with Crippen LogP contribution in [0.1, 0.15) is 12.1 Å². The molecule has 4 heteroatoms. The van der Waals surface area contributed by atoms with Crippen LogP contribution in [0.25, 0.3) is 10.9 Å². The molecule has 1 fully saturated rings. The molecule has 1 aromatic carbocycles. The molecule has 1 aliphatic rings. The molecule has 0 radical (unpaired) electrons. The van der Waals surface area contributed by atoms with Gasteiger partial charge in [-0.05, 0) is 37.9 Å². The van der Waals surface area contributed by atoms with E-state index in [1.54, 1.807) is 6.33 Å². The first-order valence-electron chi connectivity index (χ1n) is 5.93. The molecule has 0 bridgehead atoms. The van der Waals surface area contributed by atoms with Crippen LogP contribution in [0.3, 0.4) is 0 Å². The highest BCUT2D eigenvalue weighted by Gasteiger charge is 2.17. The van der Waals surface area contributed by atoms with Crippen molar-refractivity contribution in [2.24, 2.45) is 5.92 Å². The molecule has 0 saturated carbocycles. The number of aromatic nitrogens is 2. The third-order valence-electron chi connectivity index (χ3n) is 3.34. The summed E-state index contributed by atoms with van der Waals surface area (Å²) in [5.41, 5.74) is 1.98. The maximum Gasteiger partial charge on any atom is 0.116 e. The number of nitrogens with zero attached hydrogens (tertiary/aromatic N) is 2. The molecule has 1 N–H and O–H groups in total. The van der Waals surface area contributed by atoms with Gasteiger partial charge in [-0.2, -0.15) is 0 Å². The zero-order valence-corrected chi connectivity index (χ0v) is 10.2. The minimum absolute atomic E-state index is 0.687. The Labute approximate surface area is 105 Å². The van der Waals surface area contributed by atoms with Crippen LogP contribution in [-0.2, 0) is 6.42 Å². The fourth-order valence-electron chi connectivity index (χ4n) is 2.43. The Morgan fingerprint density at radius 3 is 3.12 bits per heavy atom. The van der Waals surface area contributed by atoms with E-state index >= 15 is 0 Å². The van der Waals surface area contributed by atoms with E-state index in [0.29, 0.717) is 10.9 Å². The number of hydrogen-bond acceptors (Lipinski definition) is 3. The molecule has 1 unspecified atom stereocenters. The van der Waals surface area contributed by atoms with Gasteiger partial charge < -0.3 is 5.32 Å². The highest BCUT2D eigenvalue weighted by Crippen LogP contribution is 2.25. The molecule has 2 aromatic rings. The topological polar surface area (TPSA) is 37.8 Å². The summed E-state index contributed by atoms with van der Waals surface area (Å²) in [7, 11) is 0. The lowest BCUT2D eigenvalue weighted by molar-refractivity contribution is 0.574. The zero-order chi connectivity index (χ0) is 11.7. The molecule has 0 spiro atoms. The van der Waals surface area contributed by atoms with Crippen LogP contribution < -0.4 is 5.32 Å². The molecule has 1 atom stereocenters. The number of benzene rings is 1. The molecule has 1 aliphatic heterocycles. The Hall–Kier alpha value is -1.19. The normalized spacial score (nSPS) is 19.9. The minimum atomic E-state index is 0.687. The van der Waals surface area contributed by atoms with Crippen LogP contribution in [0, 0.1) is 5.92 Å². The Balaban J connectivity index is 2.01. The molecule has 1 aromatic heterocycles. The lowest BCUT2D eigenvalue weighted by Gasteiger charge is -2.10. The number of hydrogen-bond donors (Lipinski definition) is 1. The van der Waals surface area contributed by atoms with Gasteiger partial charge in [-0.25, -0.2) is 9.97 Å². The van der Waals surface area contributed by atoms with Crippen molar-refractivity contribution in [3.8, 4) is 0 Å². The zero-order valence-electron chi connectivity index (χ0n) is 9.49. The number of para-hydroxylation sites is 1. The Morgan fingerprint density at radius 1 is 1.35 bits per heavy atom. The van der Waals surface area contributed by atoms with E-state index in [4.69, 9.17) is 11.6 Å². The minimum Gasteiger partial charge on any atom is -0.316 e. The smallest absolute Gasteiger partial charge is 0.116 e. The van der Waals surface area contributed by atoms with Gasteiger partial charge in [-0.15, -0.1) is 0 Å². The first kappa shape index (κ1) is 10.9. The fourth-order valence-corrected chi connectivity index (χ4v) is 2.65. The van der Waals surface area contributed by atoms with Crippen LogP contribution in [0.15, 0.2) is 24.5 Å². The predicted octanol–water partition coefficient (Wildman–Crippen LogP) is 2.44. The largest absolute Gasteiger partial charge is 0.316 e. The van der Waals surface area contributed by atoms with E-state index < -0.39 is 0 Å². The van der Waals surface area contributed by atoms with E-state index in [0.717, 1.165) is 36.1 Å². The summed E-state index contributed by atoms with van der Waals surface area (Å²) in [5.74, 6) is 0.687. The Morgan fingerprint density at radius 2 is 2.29 bits per heavy atom. The lowest BCUT2D eigenvalue weighted by Crippen LogP contribution is -2.11. The van der Waals surface area contributed by atoms with E-state index in [-0.39, 0.29) is 0 Å². The standard InChI is InChI=1S/C13H14ClN3/c14-11-3-1-2-10-12(16-8-17-13(10)11)6-9-4-5-15-7-9/h1-3,8-9,15H,4-7H2. The van der Waals surface area contributed by atoms with E-state index in [9.17, 15) is 0 Å². The van der Waals surface area contributed by atoms with Crippen LogP contribution in [-0.4, -0.2) is 23.1 Å². The van der Waals surface area contributed by atoms with Gasteiger partial charge in [0, 0.05) is 5.39 Å². The molecule has 3 rings (SSSR count). The van der Waals surface area contributed by atoms with Crippen molar-refractivity contribution in [2.45, 2.75) is 12.8 Å². The summed E-state index contributed by atoms with van der Waals surface area (Å²) in [6.07, 6.45) is 3.85. The van der Waals surface area contributed by atoms with E-state index in [1.807, 2.05) is 12.1 Å². The van der Waals surface area contributed by atoms with Crippen molar-refractivity contribution >= 4 is 22.5 Å². The summed E-state index contributed by atoms with van der Waals surface area (Å²) in [5, 5.41) is 5.18. The molecular formula is C13H14ClN3. The predicted molar refractivity (Wildman–Crippen MR) is 69.2 cm³/mol. The monoisotopic (exact) mass is 247 g/mol. The number of nitrogens with one attached hydrogen (secondary N) is 1. The summed E-state index contributed by atoms with van der Waals surface area (Å²) in [6, 6.07) is 5.89. The van der Waals surface area contributed by atoms with Crippen molar-refractivity contribution < 1.29 is 0 Å². The summed E-state index contributed by atoms with van der Waals surface area (Å²) in [4.78, 5) is 8.67. The second-order valence-corrected chi connectivity index (χ2v) is 4.93. The van der Waals surface area contributed by atoms with Gasteiger partial charge >= 0.3 is 0 Å². The molecular weight excluding hydrogens is 234 g/mol. The van der Waals surface area contributed by atoms with Crippen LogP contribution in [0.4, 0.5) is 0 Å². The van der Waals surface area contributed by atoms with Crippen LogP contribution >= 0.6 is 11.6 Å². The molecule has 17 heavy (non-hydrogen) atoms. The van der Waals surface area contributed by atoms with Crippen molar-refractivity contribution in [1.82, 2.24) is 15.3 Å². The third kappa shape index (κ3) is 2.13. The maximum atomic E-state index is 6.14. The van der Waals surface area contributed by atoms with Gasteiger partial charge in [0.05, 0.1) is 16.2 Å².